The normalized spacial score (nSPS) is 26.7. The molecule has 0 aliphatic carbocycles. The van der Waals surface area contributed by atoms with Crippen LogP contribution in [0.5, 0.6) is 5.75 Å². The summed E-state index contributed by atoms with van der Waals surface area (Å²) in [6.07, 6.45) is 1.57. The van der Waals surface area contributed by atoms with Gasteiger partial charge in [-0.2, -0.15) is 5.09 Å². The fraction of sp³-hybridized carbons (Fsp3) is 0.517. The molecular formula is C29H39N2O7P. The van der Waals surface area contributed by atoms with Gasteiger partial charge in [-0.25, -0.2) is 4.57 Å². The van der Waals surface area contributed by atoms with Gasteiger partial charge in [0.15, 0.2) is 5.78 Å². The summed E-state index contributed by atoms with van der Waals surface area (Å²) in [5.41, 5.74) is -0.253. The Hall–Kier alpha value is -2.55. The number of nitrogens with one attached hydrogen (secondary N) is 1. The largest absolute Gasteiger partial charge is 0.460 e. The van der Waals surface area contributed by atoms with Crippen LogP contribution in [0.2, 0.25) is 0 Å². The molecule has 3 fully saturated rings. The van der Waals surface area contributed by atoms with Crippen LogP contribution < -0.4 is 9.61 Å². The van der Waals surface area contributed by atoms with E-state index < -0.39 is 25.3 Å². The van der Waals surface area contributed by atoms with Crippen LogP contribution in [0.25, 0.3) is 0 Å². The van der Waals surface area contributed by atoms with Crippen molar-refractivity contribution in [3.63, 3.8) is 0 Å². The lowest BCUT2D eigenvalue weighted by atomic mass is 9.71. The number of fused-ring (bicyclic) bond motifs is 3. The van der Waals surface area contributed by atoms with Crippen molar-refractivity contribution >= 4 is 19.5 Å². The Morgan fingerprint density at radius 1 is 1.10 bits per heavy atom. The van der Waals surface area contributed by atoms with Gasteiger partial charge in [0.05, 0.1) is 13.2 Å². The van der Waals surface area contributed by atoms with Crippen molar-refractivity contribution < 1.29 is 32.7 Å². The summed E-state index contributed by atoms with van der Waals surface area (Å²) in [6.45, 7) is 6.41. The molecule has 2 aromatic carbocycles. The molecular weight excluding hydrogens is 519 g/mol. The number of Topliss-reactive ketones (excluding diaryl/α,β-unsaturated/α-hetero) is 1. The standard InChI is InChI=1S/C29H39N2O7P/c1-21(2)26(28(33)36-18-23-11-7-5-8-12-23)30-39(34,38-25-13-9-6-10-14-25)37-20-29(19-35-4)27(32)24-15-16-31(29)22(3)17-24/h5-14,21-22,24,26H,15-20H2,1-4H3,(H,30,34)/t22-,24+,26+,29+,39?/m1/s1. The van der Waals surface area contributed by atoms with Gasteiger partial charge in [0.1, 0.15) is 23.9 Å². The van der Waals surface area contributed by atoms with Crippen LogP contribution in [-0.4, -0.2) is 61.1 Å². The summed E-state index contributed by atoms with van der Waals surface area (Å²) < 4.78 is 37.3. The highest BCUT2D eigenvalue weighted by Gasteiger charge is 2.57. The number of carbonyl (C=O) groups is 2. The molecule has 10 heteroatoms. The predicted molar refractivity (Wildman–Crippen MR) is 147 cm³/mol. The van der Waals surface area contributed by atoms with E-state index in [1.807, 2.05) is 50.2 Å². The molecule has 0 saturated carbocycles. The van der Waals surface area contributed by atoms with Crippen molar-refractivity contribution in [2.75, 3.05) is 26.9 Å². The number of hydrogen-bond donors (Lipinski definition) is 1. The van der Waals surface area contributed by atoms with Crippen LogP contribution in [0.1, 0.15) is 39.2 Å². The van der Waals surface area contributed by atoms with Crippen LogP contribution in [-0.2, 0) is 34.8 Å². The minimum absolute atomic E-state index is 0.0302. The Kier molecular flexibility index (Phi) is 9.62. The first-order chi connectivity index (χ1) is 18.7. The number of nitrogens with zero attached hydrogens (tertiary/aromatic N) is 1. The van der Waals surface area contributed by atoms with Crippen molar-refractivity contribution in [2.45, 2.75) is 57.8 Å². The van der Waals surface area contributed by atoms with Crippen LogP contribution >= 0.6 is 7.75 Å². The van der Waals surface area contributed by atoms with Crippen molar-refractivity contribution in [2.24, 2.45) is 11.8 Å². The summed E-state index contributed by atoms with van der Waals surface area (Å²) in [5, 5.41) is 2.85. The van der Waals surface area contributed by atoms with Gasteiger partial charge in [0.2, 0.25) is 0 Å². The Morgan fingerprint density at radius 3 is 2.38 bits per heavy atom. The molecule has 0 aromatic heterocycles. The highest BCUT2D eigenvalue weighted by Crippen LogP contribution is 2.48. The van der Waals surface area contributed by atoms with E-state index in [-0.39, 0.29) is 43.5 Å². The SMILES string of the molecule is COC[C@]1(COP(=O)(N[C@H](C(=O)OCc2ccccc2)C(C)C)Oc2ccccc2)C(=O)[C@H]2CCN1[C@H](C)C2. The molecule has 3 saturated heterocycles. The van der Waals surface area contributed by atoms with E-state index in [2.05, 4.69) is 16.9 Å². The lowest BCUT2D eigenvalue weighted by Gasteiger charge is -2.55. The fourth-order valence-corrected chi connectivity index (χ4v) is 7.23. The Morgan fingerprint density at radius 2 is 1.77 bits per heavy atom. The molecule has 39 heavy (non-hydrogen) atoms. The molecule has 2 bridgehead atoms. The Balaban J connectivity index is 1.57. The number of hydrogen-bond acceptors (Lipinski definition) is 8. The summed E-state index contributed by atoms with van der Waals surface area (Å²) in [5.74, 6) is -0.635. The molecule has 6 atom stereocenters. The van der Waals surface area contributed by atoms with Crippen molar-refractivity contribution in [1.82, 2.24) is 9.99 Å². The van der Waals surface area contributed by atoms with Gasteiger partial charge in [0, 0.05) is 25.6 Å². The van der Waals surface area contributed by atoms with Gasteiger partial charge in [-0.1, -0.05) is 62.4 Å². The smallest absolute Gasteiger partial charge is 0.459 e. The van der Waals surface area contributed by atoms with Gasteiger partial charge in [0.25, 0.3) is 0 Å². The zero-order chi connectivity index (χ0) is 28.0. The van der Waals surface area contributed by atoms with Gasteiger partial charge in [-0.3, -0.25) is 19.0 Å². The molecule has 2 unspecified atom stereocenters. The summed E-state index contributed by atoms with van der Waals surface area (Å²) in [6, 6.07) is 17.1. The first-order valence-electron chi connectivity index (χ1n) is 13.4. The molecule has 212 valence electrons. The molecule has 3 aliphatic heterocycles. The molecule has 1 N–H and O–H groups in total. The zero-order valence-electron chi connectivity index (χ0n) is 23.1. The third-order valence-electron chi connectivity index (χ3n) is 7.52. The van der Waals surface area contributed by atoms with E-state index in [4.69, 9.17) is 18.5 Å². The number of piperidine rings is 3. The number of carbonyl (C=O) groups excluding carboxylic acids is 2. The first kappa shape index (κ1) is 29.4. The van der Waals surface area contributed by atoms with Gasteiger partial charge < -0.3 is 14.0 Å². The number of methoxy groups -OCH3 is 1. The van der Waals surface area contributed by atoms with Gasteiger partial charge in [-0.15, -0.1) is 0 Å². The van der Waals surface area contributed by atoms with E-state index >= 15 is 0 Å². The topological polar surface area (TPSA) is 103 Å². The predicted octanol–water partition coefficient (Wildman–Crippen LogP) is 4.62. The molecule has 0 spiro atoms. The van der Waals surface area contributed by atoms with Crippen molar-refractivity contribution in [3.05, 3.63) is 66.2 Å². The fourth-order valence-electron chi connectivity index (χ4n) is 5.52. The zero-order valence-corrected chi connectivity index (χ0v) is 24.0. The number of ketones is 1. The number of esters is 1. The highest BCUT2D eigenvalue weighted by molar-refractivity contribution is 7.52. The Bertz CT molecular complexity index is 1160. The maximum absolute atomic E-state index is 14.3. The lowest BCUT2D eigenvalue weighted by Crippen LogP contribution is -2.71. The van der Waals surface area contributed by atoms with Gasteiger partial charge in [-0.05, 0) is 43.4 Å². The average Bonchev–Trinajstić information content (AvgIpc) is 2.93. The quantitative estimate of drug-likeness (QED) is 0.279. The average molecular weight is 559 g/mol. The highest BCUT2D eigenvalue weighted by atomic mass is 31.2. The molecule has 9 nitrogen and oxygen atoms in total. The number of rotatable bonds is 13. The summed E-state index contributed by atoms with van der Waals surface area (Å²) in [4.78, 5) is 28.8. The second-order valence-electron chi connectivity index (χ2n) is 10.7. The van der Waals surface area contributed by atoms with E-state index in [9.17, 15) is 14.2 Å². The van der Waals surface area contributed by atoms with Gasteiger partial charge >= 0.3 is 13.7 Å². The number of ether oxygens (including phenoxy) is 2. The number of para-hydroxylation sites is 1. The second-order valence-corrected chi connectivity index (χ2v) is 12.4. The third kappa shape index (κ3) is 6.79. The van der Waals surface area contributed by atoms with Crippen LogP contribution in [0, 0.1) is 11.8 Å². The first-order valence-corrected chi connectivity index (χ1v) is 15.0. The van der Waals surface area contributed by atoms with E-state index in [0.717, 1.165) is 24.9 Å². The van der Waals surface area contributed by atoms with E-state index in [1.165, 1.54) is 0 Å². The van der Waals surface area contributed by atoms with Crippen LogP contribution in [0.3, 0.4) is 0 Å². The summed E-state index contributed by atoms with van der Waals surface area (Å²) >= 11 is 0. The summed E-state index contributed by atoms with van der Waals surface area (Å²) in [7, 11) is -2.65. The third-order valence-corrected chi connectivity index (χ3v) is 9.04. The molecule has 3 heterocycles. The maximum Gasteiger partial charge on any atom is 0.459 e. The monoisotopic (exact) mass is 558 g/mol. The molecule has 0 amide bonds. The molecule has 2 aromatic rings. The van der Waals surface area contributed by atoms with E-state index in [0.29, 0.717) is 5.75 Å². The minimum atomic E-state index is -4.19. The van der Waals surface area contributed by atoms with Crippen molar-refractivity contribution in [1.29, 1.82) is 0 Å². The maximum atomic E-state index is 14.3. The Labute approximate surface area is 230 Å². The van der Waals surface area contributed by atoms with Crippen molar-refractivity contribution in [3.8, 4) is 5.75 Å². The van der Waals surface area contributed by atoms with Crippen LogP contribution in [0.4, 0.5) is 0 Å². The minimum Gasteiger partial charge on any atom is -0.460 e. The molecule has 0 radical (unpaired) electrons. The van der Waals surface area contributed by atoms with E-state index in [1.54, 1.807) is 31.4 Å². The number of benzene rings is 2. The second kappa shape index (κ2) is 12.7. The molecule has 3 aliphatic rings. The molecule has 5 rings (SSSR count). The lowest BCUT2D eigenvalue weighted by molar-refractivity contribution is -0.163. The van der Waals surface area contributed by atoms with Crippen LogP contribution in [0.15, 0.2) is 60.7 Å².